The molecule has 444 valence electrons. The van der Waals surface area contributed by atoms with E-state index in [0.29, 0.717) is 97.3 Å². The number of benzene rings is 2. The maximum Gasteiger partial charge on any atom is 0.410 e. The number of aromatic nitrogens is 2. The molecule has 2 amide bonds. The van der Waals surface area contributed by atoms with Crippen LogP contribution in [0.4, 0.5) is 14.9 Å². The molecule has 1 saturated heterocycles. The summed E-state index contributed by atoms with van der Waals surface area (Å²) in [6.07, 6.45) is 11.6. The van der Waals surface area contributed by atoms with E-state index in [-0.39, 0.29) is 60.0 Å². The highest BCUT2D eigenvalue weighted by molar-refractivity contribution is 5.95. The number of carbonyl (C=O) groups is 6. The Balaban J connectivity index is 0.616. The largest absolute Gasteiger partial charge is 0.458 e. The number of rotatable bonds is 15. The van der Waals surface area contributed by atoms with E-state index in [9.17, 15) is 38.7 Å². The molecular formula is C66H77FN6O11. The van der Waals surface area contributed by atoms with Gasteiger partial charge in [-0.2, -0.15) is 0 Å². The van der Waals surface area contributed by atoms with Crippen molar-refractivity contribution in [2.45, 2.75) is 161 Å². The van der Waals surface area contributed by atoms with E-state index < -0.39 is 64.6 Å². The third-order valence-electron chi connectivity index (χ3n) is 20.9. The molecule has 0 spiro atoms. The highest BCUT2D eigenvalue weighted by atomic mass is 19.1. The van der Waals surface area contributed by atoms with Gasteiger partial charge in [0, 0.05) is 92.7 Å². The number of esters is 2. The van der Waals surface area contributed by atoms with Gasteiger partial charge in [0.2, 0.25) is 0 Å². The number of Topliss-reactive ketones (excluding diaryl/α,β-unsaturated/α-hetero) is 1. The van der Waals surface area contributed by atoms with Crippen molar-refractivity contribution in [1.29, 1.82) is 0 Å². The van der Waals surface area contributed by atoms with Crippen LogP contribution in [0.2, 0.25) is 0 Å². The number of carbonyl (C=O) groups excluding carboxylic acids is 6. The summed E-state index contributed by atoms with van der Waals surface area (Å²) in [6.45, 7) is 12.1. The van der Waals surface area contributed by atoms with E-state index in [1.807, 2.05) is 6.08 Å². The Bertz CT molecular complexity index is 3560. The zero-order chi connectivity index (χ0) is 59.1. The number of ketones is 2. The summed E-state index contributed by atoms with van der Waals surface area (Å²) in [6, 6.07) is 11.3. The molecular weight excluding hydrogens is 1070 g/mol. The Morgan fingerprint density at radius 2 is 1.69 bits per heavy atom. The second-order valence-electron chi connectivity index (χ2n) is 25.3. The summed E-state index contributed by atoms with van der Waals surface area (Å²) in [5.74, 6) is -1.52. The van der Waals surface area contributed by atoms with Crippen molar-refractivity contribution in [3.05, 3.63) is 114 Å². The summed E-state index contributed by atoms with van der Waals surface area (Å²) >= 11 is 0. The SMILES string of the molecule is CC[C@@]1(O)C(=O)OCc2c1cc1n(c2=O)Cc2c-1nc1cc(F)c(C)c3c1c2[C@@H](NC(=O)COC(=O)N1CCN(CCCCCCN(C)c2ccc([C@H]4C[C@@]5(C)[C@@H](CC[C@]5(OC(C)=O)C(C)=O)[C@@H]5CCC6=CC(=O)CCC6=C54)cc2)CC1)CC3. The molecule has 0 unspecified atom stereocenters. The van der Waals surface area contributed by atoms with Crippen molar-refractivity contribution in [2.75, 3.05) is 57.8 Å². The number of allylic oxidation sites excluding steroid dienone is 4. The number of piperazine rings is 1. The molecule has 2 aromatic carbocycles. The molecule has 17 nitrogen and oxygen atoms in total. The average molecular weight is 1150 g/mol. The molecule has 5 aliphatic carbocycles. The van der Waals surface area contributed by atoms with E-state index in [0.717, 1.165) is 75.7 Å². The number of cyclic esters (lactones) is 1. The van der Waals surface area contributed by atoms with Crippen LogP contribution in [0, 0.1) is 30.0 Å². The minimum absolute atomic E-state index is 0.0133. The highest BCUT2D eigenvalue weighted by Crippen LogP contribution is 2.68. The summed E-state index contributed by atoms with van der Waals surface area (Å²) in [7, 11) is 2.13. The first-order valence-corrected chi connectivity index (χ1v) is 30.5. The van der Waals surface area contributed by atoms with Gasteiger partial charge in [0.1, 0.15) is 12.4 Å². The molecule has 84 heavy (non-hydrogen) atoms. The predicted octanol–water partition coefficient (Wildman–Crippen LogP) is 8.87. The van der Waals surface area contributed by atoms with Gasteiger partial charge in [-0.3, -0.25) is 28.9 Å². The lowest BCUT2D eigenvalue weighted by Crippen LogP contribution is -2.57. The number of amides is 2. The van der Waals surface area contributed by atoms with Gasteiger partial charge in [-0.1, -0.05) is 44.4 Å². The molecule has 12 rings (SSSR count). The fourth-order valence-electron chi connectivity index (χ4n) is 16.4. The number of unbranched alkanes of at least 4 members (excludes halogenated alkanes) is 3. The lowest BCUT2D eigenvalue weighted by atomic mass is 9.50. The Morgan fingerprint density at radius 3 is 2.43 bits per heavy atom. The summed E-state index contributed by atoms with van der Waals surface area (Å²) in [4.78, 5) is 104. The third kappa shape index (κ3) is 9.57. The quantitative estimate of drug-likeness (QED) is 0.0571. The number of anilines is 1. The summed E-state index contributed by atoms with van der Waals surface area (Å²) < 4.78 is 33.9. The normalized spacial score (nSPS) is 26.7. The number of aryl methyl sites for hydroxylation is 1. The van der Waals surface area contributed by atoms with E-state index in [2.05, 4.69) is 53.4 Å². The van der Waals surface area contributed by atoms with Gasteiger partial charge in [-0.05, 0) is 161 Å². The number of ether oxygens (including phenoxy) is 3. The zero-order valence-electron chi connectivity index (χ0n) is 49.3. The number of hydrogen-bond donors (Lipinski definition) is 2. The number of nitrogens with one attached hydrogen (secondary N) is 1. The maximum absolute atomic E-state index is 15.4. The Kier molecular flexibility index (Phi) is 15.1. The molecule has 3 fully saturated rings. The molecule has 2 aromatic heterocycles. The summed E-state index contributed by atoms with van der Waals surface area (Å²) in [5.41, 5.74) is 6.36. The van der Waals surface area contributed by atoms with Crippen LogP contribution in [0.1, 0.15) is 162 Å². The first-order valence-electron chi connectivity index (χ1n) is 30.5. The first-order chi connectivity index (χ1) is 40.2. The minimum Gasteiger partial charge on any atom is -0.458 e. The van der Waals surface area contributed by atoms with E-state index in [4.69, 9.17) is 19.2 Å². The van der Waals surface area contributed by atoms with Gasteiger partial charge in [0.15, 0.2) is 29.4 Å². The maximum atomic E-state index is 15.4. The molecule has 7 atom stereocenters. The topological polar surface area (TPSA) is 207 Å². The average Bonchev–Trinajstić information content (AvgIpc) is 2.06. The van der Waals surface area contributed by atoms with Crippen LogP contribution < -0.4 is 15.8 Å². The van der Waals surface area contributed by atoms with Crippen LogP contribution in [0.25, 0.3) is 22.3 Å². The van der Waals surface area contributed by atoms with Crippen molar-refractivity contribution < 1.29 is 52.5 Å². The second-order valence-corrected chi connectivity index (χ2v) is 25.3. The zero-order valence-corrected chi connectivity index (χ0v) is 49.3. The van der Waals surface area contributed by atoms with Gasteiger partial charge in [0.25, 0.3) is 11.5 Å². The first kappa shape index (κ1) is 57.4. The number of pyridine rings is 2. The molecule has 2 saturated carbocycles. The van der Waals surface area contributed by atoms with Crippen molar-refractivity contribution >= 4 is 52.1 Å². The van der Waals surface area contributed by atoms with E-state index in [1.165, 1.54) is 39.8 Å². The monoisotopic (exact) mass is 1150 g/mol. The lowest BCUT2D eigenvalue weighted by molar-refractivity contribution is -0.182. The summed E-state index contributed by atoms with van der Waals surface area (Å²) in [5, 5.41) is 15.2. The molecule has 5 heterocycles. The Hall–Kier alpha value is -7.05. The van der Waals surface area contributed by atoms with Crippen molar-refractivity contribution in [3.63, 3.8) is 0 Å². The van der Waals surface area contributed by atoms with Crippen LogP contribution in [0.3, 0.4) is 0 Å². The van der Waals surface area contributed by atoms with Crippen LogP contribution in [-0.4, -0.2) is 118 Å². The van der Waals surface area contributed by atoms with Gasteiger partial charge in [-0.15, -0.1) is 0 Å². The van der Waals surface area contributed by atoms with Gasteiger partial charge < -0.3 is 39.0 Å². The fourth-order valence-corrected chi connectivity index (χ4v) is 16.4. The number of halogens is 1. The number of aliphatic hydroxyl groups is 1. The number of nitrogens with zero attached hydrogens (tertiary/aromatic N) is 5. The van der Waals surface area contributed by atoms with E-state index in [1.54, 1.807) is 31.7 Å². The smallest absolute Gasteiger partial charge is 0.410 e. The second kappa shape index (κ2) is 22.1. The Morgan fingerprint density at radius 1 is 0.929 bits per heavy atom. The molecule has 0 bridgehead atoms. The van der Waals surface area contributed by atoms with E-state index >= 15 is 4.39 Å². The van der Waals surface area contributed by atoms with Gasteiger partial charge >= 0.3 is 18.0 Å². The highest BCUT2D eigenvalue weighted by Gasteiger charge is 2.67. The van der Waals surface area contributed by atoms with Crippen LogP contribution >= 0.6 is 0 Å². The molecule has 8 aliphatic rings. The molecule has 18 heteroatoms. The minimum atomic E-state index is -2.01. The fraction of sp³-hybridized carbons (Fsp3) is 0.545. The molecule has 4 aromatic rings. The Labute approximate surface area is 488 Å². The van der Waals surface area contributed by atoms with Gasteiger partial charge in [-0.25, -0.2) is 19.0 Å². The third-order valence-corrected chi connectivity index (χ3v) is 20.9. The lowest BCUT2D eigenvalue weighted by Gasteiger charge is -2.55. The number of hydrogen-bond acceptors (Lipinski definition) is 14. The van der Waals surface area contributed by atoms with Crippen molar-refractivity contribution in [3.8, 4) is 11.4 Å². The molecule has 0 radical (unpaired) electrons. The number of fused-ring (bicyclic) bond motifs is 9. The molecule has 2 N–H and O–H groups in total. The van der Waals surface area contributed by atoms with Crippen molar-refractivity contribution in [1.82, 2.24) is 24.7 Å². The standard InChI is InChI=1S/C66H77FN6O11/c1-7-65(81)51-31-55-60-48(34-73(55)61(78)49(51)35-82-62(65)79)59-53(21-20-44-37(2)52(67)32-54(69-60)58(44)59)68-56(77)36-83-63(80)72-28-26-71(27-29-72)25-11-9-8-10-24-70(6)42-15-12-40(13-16-42)47-33-64(5)50(22-23-66(64,38(3)74)84-39(4)75)46-18-14-41-30-43(76)17-19-45(41)57(46)47/h12-13,15-16,30-32,46-47,50,53,81H,7-11,14,17-29,33-36H2,1-6H3,(H,68,77)/t46-,47+,50-,53-,64-,65-,66-/m0/s1. The van der Waals surface area contributed by atoms with Crippen LogP contribution in [0.5, 0.6) is 0 Å². The molecule has 3 aliphatic heterocycles. The van der Waals surface area contributed by atoms with Crippen LogP contribution in [-0.2, 0) is 63.4 Å². The van der Waals surface area contributed by atoms with Gasteiger partial charge in [0.05, 0.1) is 35.1 Å². The predicted molar refractivity (Wildman–Crippen MR) is 311 cm³/mol. The van der Waals surface area contributed by atoms with Crippen LogP contribution in [0.15, 0.2) is 64.0 Å². The van der Waals surface area contributed by atoms with Crippen molar-refractivity contribution in [2.24, 2.45) is 17.3 Å².